The molecule has 114 valence electrons. The van der Waals surface area contributed by atoms with Gasteiger partial charge in [0.25, 0.3) is 5.91 Å². The number of hydrogen-bond acceptors (Lipinski definition) is 3. The number of nitrogens with one attached hydrogen (secondary N) is 3. The number of piperidine rings is 1. The van der Waals surface area contributed by atoms with Crippen LogP contribution in [0.1, 0.15) is 36.0 Å². The number of H-pyrrole nitrogens is 1. The monoisotopic (exact) mass is 298 g/mol. The van der Waals surface area contributed by atoms with Crippen molar-refractivity contribution in [3.8, 4) is 0 Å². The van der Waals surface area contributed by atoms with E-state index >= 15 is 0 Å². The molecule has 1 aromatic heterocycles. The van der Waals surface area contributed by atoms with Crippen LogP contribution in [0.4, 0.5) is 0 Å². The van der Waals surface area contributed by atoms with E-state index in [1.165, 1.54) is 0 Å². The molecule has 2 heterocycles. The highest BCUT2D eigenvalue weighted by molar-refractivity contribution is 5.98. The molecular formula is C16H18N4O2. The average molecular weight is 298 g/mol. The molecule has 2 aromatic rings. The van der Waals surface area contributed by atoms with Crippen molar-refractivity contribution in [1.29, 1.82) is 0 Å². The molecule has 1 saturated heterocycles. The molecule has 2 fully saturated rings. The highest BCUT2D eigenvalue weighted by Crippen LogP contribution is 2.36. The zero-order valence-corrected chi connectivity index (χ0v) is 12.1. The Morgan fingerprint density at radius 1 is 1.27 bits per heavy atom. The largest absolute Gasteiger partial charge is 0.351 e. The van der Waals surface area contributed by atoms with Crippen molar-refractivity contribution in [2.24, 2.45) is 5.92 Å². The lowest BCUT2D eigenvalue weighted by Crippen LogP contribution is -2.56. The second kappa shape index (κ2) is 5.12. The van der Waals surface area contributed by atoms with Crippen molar-refractivity contribution in [1.82, 2.24) is 20.8 Å². The van der Waals surface area contributed by atoms with Gasteiger partial charge in [0.1, 0.15) is 0 Å². The van der Waals surface area contributed by atoms with E-state index in [9.17, 15) is 9.59 Å². The highest BCUT2D eigenvalue weighted by Gasteiger charge is 2.40. The fourth-order valence-corrected chi connectivity index (χ4v) is 3.22. The molecule has 1 aromatic carbocycles. The first-order valence-corrected chi connectivity index (χ1v) is 7.74. The summed E-state index contributed by atoms with van der Waals surface area (Å²) in [6.07, 6.45) is 5.18. The molecule has 2 aliphatic rings. The van der Waals surface area contributed by atoms with Gasteiger partial charge in [-0.15, -0.1) is 0 Å². The summed E-state index contributed by atoms with van der Waals surface area (Å²) in [6, 6.07) is 5.60. The number of nitrogens with zero attached hydrogens (tertiary/aromatic N) is 1. The van der Waals surface area contributed by atoms with Gasteiger partial charge in [-0.2, -0.15) is 5.10 Å². The Morgan fingerprint density at radius 2 is 2.14 bits per heavy atom. The van der Waals surface area contributed by atoms with Gasteiger partial charge in [0.2, 0.25) is 5.91 Å². The van der Waals surface area contributed by atoms with Crippen molar-refractivity contribution >= 4 is 22.7 Å². The van der Waals surface area contributed by atoms with Crippen LogP contribution in [-0.4, -0.2) is 34.1 Å². The number of carbonyl (C=O) groups is 2. The van der Waals surface area contributed by atoms with E-state index in [4.69, 9.17) is 0 Å². The number of rotatable bonds is 3. The number of benzene rings is 1. The van der Waals surface area contributed by atoms with Gasteiger partial charge in [-0.1, -0.05) is 0 Å². The molecule has 3 N–H and O–H groups in total. The van der Waals surface area contributed by atoms with Gasteiger partial charge in [-0.25, -0.2) is 0 Å². The SMILES string of the molecule is O=C1CC[C@@H](NC(=O)c2ccc3[nH]ncc3c2)[C@H](C2CC2)N1. The second-order valence-corrected chi connectivity index (χ2v) is 6.22. The summed E-state index contributed by atoms with van der Waals surface area (Å²) in [5, 5.41) is 13.9. The minimum Gasteiger partial charge on any atom is -0.351 e. The predicted octanol–water partition coefficient (Wildman–Crippen LogP) is 1.35. The minimum absolute atomic E-state index is 0.0257. The number of aromatic amines is 1. The maximum absolute atomic E-state index is 12.5. The van der Waals surface area contributed by atoms with Gasteiger partial charge < -0.3 is 10.6 Å². The van der Waals surface area contributed by atoms with Crippen LogP contribution >= 0.6 is 0 Å². The molecule has 6 heteroatoms. The van der Waals surface area contributed by atoms with Crippen LogP contribution in [0.25, 0.3) is 10.9 Å². The first-order chi connectivity index (χ1) is 10.7. The molecule has 2 amide bonds. The Morgan fingerprint density at radius 3 is 2.95 bits per heavy atom. The molecule has 6 nitrogen and oxygen atoms in total. The lowest BCUT2D eigenvalue weighted by atomic mass is 9.94. The van der Waals surface area contributed by atoms with Crippen LogP contribution < -0.4 is 10.6 Å². The standard InChI is InChI=1S/C16H18N4O2/c21-14-6-5-13(15(19-14)9-1-2-9)18-16(22)10-3-4-12-11(7-10)8-17-20-12/h3-4,7-9,13,15H,1-2,5-6H2,(H,17,20)(H,18,22)(H,19,21)/t13-,15+/m1/s1. The van der Waals surface area contributed by atoms with Gasteiger partial charge in [0, 0.05) is 17.4 Å². The first kappa shape index (κ1) is 13.3. The Kier molecular flexibility index (Phi) is 3.10. The summed E-state index contributed by atoms with van der Waals surface area (Å²) in [7, 11) is 0. The molecule has 0 spiro atoms. The molecule has 1 saturated carbocycles. The molecule has 22 heavy (non-hydrogen) atoms. The number of amides is 2. The van der Waals surface area contributed by atoms with Crippen molar-refractivity contribution in [3.63, 3.8) is 0 Å². The lowest BCUT2D eigenvalue weighted by molar-refractivity contribution is -0.124. The van der Waals surface area contributed by atoms with Crippen LogP contribution in [0.15, 0.2) is 24.4 Å². The van der Waals surface area contributed by atoms with E-state index in [2.05, 4.69) is 20.8 Å². The summed E-state index contributed by atoms with van der Waals surface area (Å²) in [5.74, 6) is 0.531. The Labute approximate surface area is 127 Å². The van der Waals surface area contributed by atoms with Gasteiger partial charge >= 0.3 is 0 Å². The lowest BCUT2D eigenvalue weighted by Gasteiger charge is -2.33. The number of fused-ring (bicyclic) bond motifs is 1. The van der Waals surface area contributed by atoms with E-state index in [1.54, 1.807) is 12.3 Å². The Balaban J connectivity index is 1.51. The van der Waals surface area contributed by atoms with Crippen molar-refractivity contribution < 1.29 is 9.59 Å². The second-order valence-electron chi connectivity index (χ2n) is 6.22. The molecule has 1 aliphatic carbocycles. The highest BCUT2D eigenvalue weighted by atomic mass is 16.2. The van der Waals surface area contributed by atoms with Gasteiger partial charge in [-0.05, 0) is 43.4 Å². The Hall–Kier alpha value is -2.37. The molecule has 0 bridgehead atoms. The zero-order valence-electron chi connectivity index (χ0n) is 12.1. The first-order valence-electron chi connectivity index (χ1n) is 7.74. The van der Waals surface area contributed by atoms with Gasteiger partial charge in [0.05, 0.1) is 23.8 Å². The summed E-state index contributed by atoms with van der Waals surface area (Å²) in [6.45, 7) is 0. The normalized spacial score (nSPS) is 25.0. The molecule has 0 radical (unpaired) electrons. The smallest absolute Gasteiger partial charge is 0.251 e. The molecule has 1 aliphatic heterocycles. The average Bonchev–Trinajstić information content (AvgIpc) is 3.26. The van der Waals surface area contributed by atoms with E-state index < -0.39 is 0 Å². The fourth-order valence-electron chi connectivity index (χ4n) is 3.22. The minimum atomic E-state index is -0.0881. The van der Waals surface area contributed by atoms with Crippen LogP contribution in [0, 0.1) is 5.92 Å². The summed E-state index contributed by atoms with van der Waals surface area (Å²) < 4.78 is 0. The van der Waals surface area contributed by atoms with E-state index in [0.29, 0.717) is 24.3 Å². The summed E-state index contributed by atoms with van der Waals surface area (Å²) >= 11 is 0. The van der Waals surface area contributed by atoms with Crippen LogP contribution in [0.3, 0.4) is 0 Å². The zero-order chi connectivity index (χ0) is 15.1. The van der Waals surface area contributed by atoms with Crippen LogP contribution in [0.5, 0.6) is 0 Å². The Bertz CT molecular complexity index is 735. The fraction of sp³-hybridized carbons (Fsp3) is 0.438. The van der Waals surface area contributed by atoms with E-state index in [-0.39, 0.29) is 23.9 Å². The maximum Gasteiger partial charge on any atom is 0.251 e. The summed E-state index contributed by atoms with van der Waals surface area (Å²) in [5.41, 5.74) is 1.54. The molecular weight excluding hydrogens is 280 g/mol. The van der Waals surface area contributed by atoms with Crippen molar-refractivity contribution in [3.05, 3.63) is 30.0 Å². The third-order valence-electron chi connectivity index (χ3n) is 4.59. The third-order valence-corrected chi connectivity index (χ3v) is 4.59. The third kappa shape index (κ3) is 2.45. The van der Waals surface area contributed by atoms with Crippen LogP contribution in [0.2, 0.25) is 0 Å². The molecule has 4 rings (SSSR count). The maximum atomic E-state index is 12.5. The molecule has 0 unspecified atom stereocenters. The van der Waals surface area contributed by atoms with Gasteiger partial charge in [0.15, 0.2) is 0 Å². The van der Waals surface area contributed by atoms with E-state index in [0.717, 1.165) is 23.7 Å². The number of carbonyl (C=O) groups excluding carboxylic acids is 2. The van der Waals surface area contributed by atoms with Crippen molar-refractivity contribution in [2.75, 3.05) is 0 Å². The topological polar surface area (TPSA) is 86.9 Å². The van der Waals surface area contributed by atoms with E-state index in [1.807, 2.05) is 12.1 Å². The number of hydrogen-bond donors (Lipinski definition) is 3. The predicted molar refractivity (Wildman–Crippen MR) is 81.2 cm³/mol. The quantitative estimate of drug-likeness (QED) is 0.799. The molecule has 2 atom stereocenters. The van der Waals surface area contributed by atoms with Crippen LogP contribution in [-0.2, 0) is 4.79 Å². The number of aromatic nitrogens is 2. The van der Waals surface area contributed by atoms with Gasteiger partial charge in [-0.3, -0.25) is 14.7 Å². The summed E-state index contributed by atoms with van der Waals surface area (Å²) in [4.78, 5) is 24.1. The van der Waals surface area contributed by atoms with Crippen molar-refractivity contribution in [2.45, 2.75) is 37.8 Å².